The molecule has 1 fully saturated rings. The molecule has 1 atom stereocenters. The highest BCUT2D eigenvalue weighted by atomic mass is 35.5. The summed E-state index contributed by atoms with van der Waals surface area (Å²) in [6.45, 7) is 3.15. The smallest absolute Gasteiger partial charge is 0.224 e. The molecule has 150 valence electrons. The maximum Gasteiger partial charge on any atom is 0.224 e. The number of hydrogen-bond donors (Lipinski definition) is 1. The van der Waals surface area contributed by atoms with Crippen molar-refractivity contribution in [3.05, 3.63) is 70.5 Å². The second-order valence-corrected chi connectivity index (χ2v) is 8.61. The summed E-state index contributed by atoms with van der Waals surface area (Å²) in [5.41, 5.74) is 1.82. The minimum atomic E-state index is -0.167. The summed E-state index contributed by atoms with van der Waals surface area (Å²) >= 11 is 7.90. The molecule has 0 aromatic heterocycles. The van der Waals surface area contributed by atoms with Crippen molar-refractivity contribution >= 4 is 29.3 Å². The molecule has 1 amide bonds. The lowest BCUT2D eigenvalue weighted by molar-refractivity contribution is -0.126. The lowest BCUT2D eigenvalue weighted by Gasteiger charge is -2.32. The Labute approximate surface area is 175 Å². The number of hydrogen-bond acceptors (Lipinski definition) is 3. The van der Waals surface area contributed by atoms with Crippen LogP contribution in [-0.4, -0.2) is 36.2 Å². The number of carbonyl (C=O) groups is 1. The molecule has 1 aliphatic rings. The molecule has 2 aromatic carbocycles. The van der Waals surface area contributed by atoms with Gasteiger partial charge in [-0.25, -0.2) is 4.39 Å². The third-order valence-corrected chi connectivity index (χ3v) is 6.37. The molecule has 2 aromatic rings. The first-order chi connectivity index (χ1) is 13.6. The zero-order chi connectivity index (χ0) is 19.8. The second kappa shape index (κ2) is 10.8. The van der Waals surface area contributed by atoms with E-state index >= 15 is 0 Å². The predicted molar refractivity (Wildman–Crippen MR) is 115 cm³/mol. The number of carbonyl (C=O) groups excluding carboxylic acids is 1. The van der Waals surface area contributed by atoms with Crippen LogP contribution in [0.4, 0.5) is 4.39 Å². The summed E-state index contributed by atoms with van der Waals surface area (Å²) in [5, 5.41) is 3.82. The lowest BCUT2D eigenvalue weighted by Crippen LogP contribution is -2.43. The average molecular weight is 421 g/mol. The van der Waals surface area contributed by atoms with Gasteiger partial charge >= 0.3 is 0 Å². The summed E-state index contributed by atoms with van der Waals surface area (Å²) in [4.78, 5) is 14.8. The highest BCUT2D eigenvalue weighted by molar-refractivity contribution is 7.98. The largest absolute Gasteiger partial charge is 0.355 e. The fraction of sp³-hybridized carbons (Fsp3) is 0.409. The van der Waals surface area contributed by atoms with Crippen LogP contribution in [0.25, 0.3) is 0 Å². The van der Waals surface area contributed by atoms with Crippen LogP contribution >= 0.6 is 23.4 Å². The van der Waals surface area contributed by atoms with Gasteiger partial charge in [-0.05, 0) is 42.6 Å². The van der Waals surface area contributed by atoms with E-state index in [9.17, 15) is 9.18 Å². The molecule has 3 rings (SSSR count). The van der Waals surface area contributed by atoms with E-state index in [0.717, 1.165) is 48.8 Å². The van der Waals surface area contributed by atoms with E-state index in [1.165, 1.54) is 6.07 Å². The van der Waals surface area contributed by atoms with Gasteiger partial charge in [0.25, 0.3) is 0 Å². The lowest BCUT2D eigenvalue weighted by atomic mass is 9.96. The summed E-state index contributed by atoms with van der Waals surface area (Å²) in [5.74, 6) is 1.37. The van der Waals surface area contributed by atoms with Gasteiger partial charge in [0.1, 0.15) is 5.82 Å². The number of amides is 1. The number of halogens is 2. The third kappa shape index (κ3) is 6.23. The first-order valence-corrected chi connectivity index (χ1v) is 11.2. The Bertz CT molecular complexity index is 789. The maximum atomic E-state index is 13.6. The molecule has 0 bridgehead atoms. The van der Waals surface area contributed by atoms with E-state index in [4.69, 9.17) is 11.6 Å². The highest BCUT2D eigenvalue weighted by Gasteiger charge is 2.25. The standard InChI is InChI=1S/C22H26ClFN2OS/c23-20-9-3-1-6-17(20)14-26-12-5-8-18(15-26)22(27)25-11-13-28-16-19-7-2-4-10-21(19)24/h1-4,6-7,9-10,18H,5,8,11-16H2,(H,25,27)/t18-/m1/s1. The minimum Gasteiger partial charge on any atom is -0.355 e. The van der Waals surface area contributed by atoms with Crippen molar-refractivity contribution < 1.29 is 9.18 Å². The monoisotopic (exact) mass is 420 g/mol. The minimum absolute atomic E-state index is 0.0211. The zero-order valence-electron chi connectivity index (χ0n) is 15.9. The highest BCUT2D eigenvalue weighted by Crippen LogP contribution is 2.22. The van der Waals surface area contributed by atoms with E-state index in [0.29, 0.717) is 17.9 Å². The van der Waals surface area contributed by atoms with Crippen molar-refractivity contribution in [3.8, 4) is 0 Å². The molecule has 1 saturated heterocycles. The quantitative estimate of drug-likeness (QED) is 0.626. The molecule has 6 heteroatoms. The molecule has 1 heterocycles. The third-order valence-electron chi connectivity index (χ3n) is 4.99. The van der Waals surface area contributed by atoms with Gasteiger partial charge in [0.15, 0.2) is 0 Å². The van der Waals surface area contributed by atoms with Gasteiger partial charge in [0.05, 0.1) is 5.92 Å². The van der Waals surface area contributed by atoms with Crippen molar-refractivity contribution in [2.75, 3.05) is 25.4 Å². The first kappa shape index (κ1) is 21.2. The molecule has 3 nitrogen and oxygen atoms in total. The van der Waals surface area contributed by atoms with Crippen molar-refractivity contribution in [1.29, 1.82) is 0 Å². The Balaban J connectivity index is 1.38. The van der Waals surface area contributed by atoms with E-state index in [1.807, 2.05) is 30.3 Å². The number of nitrogens with one attached hydrogen (secondary N) is 1. The molecular weight excluding hydrogens is 395 g/mol. The van der Waals surface area contributed by atoms with E-state index in [-0.39, 0.29) is 17.6 Å². The van der Waals surface area contributed by atoms with Crippen molar-refractivity contribution in [1.82, 2.24) is 10.2 Å². The molecule has 0 unspecified atom stereocenters. The molecular formula is C22H26ClFN2OS. The molecule has 1 aliphatic heterocycles. The van der Waals surface area contributed by atoms with Crippen molar-refractivity contribution in [2.24, 2.45) is 5.92 Å². The van der Waals surface area contributed by atoms with Gasteiger partial charge < -0.3 is 5.32 Å². The van der Waals surface area contributed by atoms with Crippen LogP contribution in [-0.2, 0) is 17.1 Å². The van der Waals surface area contributed by atoms with Gasteiger partial charge in [-0.1, -0.05) is 48.0 Å². The Kier molecular flexibility index (Phi) is 8.19. The molecule has 0 spiro atoms. The van der Waals surface area contributed by atoms with E-state index in [1.54, 1.807) is 23.9 Å². The predicted octanol–water partition coefficient (Wildman–Crippen LogP) is 4.74. The number of benzene rings is 2. The van der Waals surface area contributed by atoms with Gasteiger partial charge in [0.2, 0.25) is 5.91 Å². The average Bonchev–Trinajstić information content (AvgIpc) is 2.71. The Morgan fingerprint density at radius 3 is 2.71 bits per heavy atom. The fourth-order valence-electron chi connectivity index (χ4n) is 3.47. The maximum absolute atomic E-state index is 13.6. The van der Waals surface area contributed by atoms with Gasteiger partial charge in [-0.3, -0.25) is 9.69 Å². The summed E-state index contributed by atoms with van der Waals surface area (Å²) in [6, 6.07) is 14.7. The summed E-state index contributed by atoms with van der Waals surface area (Å²) < 4.78 is 13.6. The van der Waals surface area contributed by atoms with Crippen LogP contribution in [0, 0.1) is 11.7 Å². The molecule has 0 radical (unpaired) electrons. The number of likely N-dealkylation sites (tertiary alicyclic amines) is 1. The Morgan fingerprint density at radius 2 is 1.93 bits per heavy atom. The van der Waals surface area contributed by atoms with Gasteiger partial charge in [-0.2, -0.15) is 11.8 Å². The zero-order valence-corrected chi connectivity index (χ0v) is 17.4. The molecule has 0 saturated carbocycles. The number of nitrogens with zero attached hydrogens (tertiary/aromatic N) is 1. The molecule has 28 heavy (non-hydrogen) atoms. The van der Waals surface area contributed by atoms with Crippen LogP contribution in [0.3, 0.4) is 0 Å². The van der Waals surface area contributed by atoms with Crippen molar-refractivity contribution in [3.63, 3.8) is 0 Å². The van der Waals surface area contributed by atoms with Crippen LogP contribution in [0.5, 0.6) is 0 Å². The normalized spacial score (nSPS) is 17.4. The Morgan fingerprint density at radius 1 is 1.18 bits per heavy atom. The van der Waals surface area contributed by atoms with Crippen LogP contribution in [0.15, 0.2) is 48.5 Å². The topological polar surface area (TPSA) is 32.3 Å². The van der Waals surface area contributed by atoms with Gasteiger partial charge in [-0.15, -0.1) is 0 Å². The van der Waals surface area contributed by atoms with Crippen LogP contribution in [0.2, 0.25) is 5.02 Å². The number of piperidine rings is 1. The molecule has 1 N–H and O–H groups in total. The summed E-state index contributed by atoms with van der Waals surface area (Å²) in [7, 11) is 0. The van der Waals surface area contributed by atoms with E-state index < -0.39 is 0 Å². The Hall–Kier alpha value is -1.56. The van der Waals surface area contributed by atoms with Crippen molar-refractivity contribution in [2.45, 2.75) is 25.1 Å². The van der Waals surface area contributed by atoms with Crippen LogP contribution in [0.1, 0.15) is 24.0 Å². The van der Waals surface area contributed by atoms with Crippen LogP contribution < -0.4 is 5.32 Å². The van der Waals surface area contributed by atoms with E-state index in [2.05, 4.69) is 10.2 Å². The number of thioether (sulfide) groups is 1. The second-order valence-electron chi connectivity index (χ2n) is 7.10. The number of rotatable bonds is 8. The fourth-order valence-corrected chi connectivity index (χ4v) is 4.51. The SMILES string of the molecule is O=C(NCCSCc1ccccc1F)[C@@H]1CCCN(Cc2ccccc2Cl)C1. The van der Waals surface area contributed by atoms with Gasteiger partial charge in [0, 0.05) is 36.2 Å². The first-order valence-electron chi connectivity index (χ1n) is 9.68. The molecule has 0 aliphatic carbocycles. The summed E-state index contributed by atoms with van der Waals surface area (Å²) in [6.07, 6.45) is 1.94.